The van der Waals surface area contributed by atoms with E-state index in [4.69, 9.17) is 11.6 Å². The Hall–Kier alpha value is -1.62. The van der Waals surface area contributed by atoms with Crippen molar-refractivity contribution in [2.24, 2.45) is 5.41 Å². The van der Waals surface area contributed by atoms with E-state index in [0.29, 0.717) is 31.4 Å². The summed E-state index contributed by atoms with van der Waals surface area (Å²) in [5, 5.41) is 9.69. The quantitative estimate of drug-likeness (QED) is 0.870. The maximum absolute atomic E-state index is 12.4. The minimum atomic E-state index is -0.829. The van der Waals surface area contributed by atoms with E-state index in [0.717, 1.165) is 0 Å². The first-order valence-electron chi connectivity index (χ1n) is 6.63. The van der Waals surface area contributed by atoms with Gasteiger partial charge >= 0.3 is 5.97 Å². The van der Waals surface area contributed by atoms with Crippen LogP contribution in [0.25, 0.3) is 0 Å². The van der Waals surface area contributed by atoms with E-state index in [2.05, 4.69) is 4.98 Å². The largest absolute Gasteiger partial charge is 0.481 e. The highest BCUT2D eigenvalue weighted by molar-refractivity contribution is 6.29. The van der Waals surface area contributed by atoms with Gasteiger partial charge in [0.25, 0.3) is 5.91 Å². The molecule has 6 heteroatoms. The summed E-state index contributed by atoms with van der Waals surface area (Å²) in [6, 6.07) is 3.10. The predicted molar refractivity (Wildman–Crippen MR) is 74.7 cm³/mol. The van der Waals surface area contributed by atoms with Crippen LogP contribution in [-0.2, 0) is 4.79 Å². The van der Waals surface area contributed by atoms with Crippen LogP contribution >= 0.6 is 11.6 Å². The van der Waals surface area contributed by atoms with Crippen LogP contribution in [0.2, 0.25) is 5.15 Å². The topological polar surface area (TPSA) is 70.5 Å². The molecule has 108 valence electrons. The molecule has 1 aliphatic heterocycles. The molecule has 1 aromatic heterocycles. The number of amides is 1. The number of carbonyl (C=O) groups excluding carboxylic acids is 1. The zero-order valence-electron chi connectivity index (χ0n) is 11.3. The zero-order valence-corrected chi connectivity index (χ0v) is 12.1. The molecule has 1 atom stereocenters. The van der Waals surface area contributed by atoms with E-state index in [1.54, 1.807) is 11.0 Å². The van der Waals surface area contributed by atoms with Gasteiger partial charge in [0.1, 0.15) is 5.15 Å². The monoisotopic (exact) mass is 296 g/mol. The van der Waals surface area contributed by atoms with Gasteiger partial charge in [-0.2, -0.15) is 0 Å². The number of halogens is 1. The molecule has 1 N–H and O–H groups in total. The van der Waals surface area contributed by atoms with Crippen molar-refractivity contribution in [3.63, 3.8) is 0 Å². The second-order valence-corrected chi connectivity index (χ2v) is 5.52. The van der Waals surface area contributed by atoms with Crippen molar-refractivity contribution in [2.45, 2.75) is 26.2 Å². The second kappa shape index (κ2) is 5.79. The van der Waals surface area contributed by atoms with Crippen molar-refractivity contribution >= 4 is 23.5 Å². The number of likely N-dealkylation sites (tertiary alicyclic amines) is 1. The molecule has 1 amide bonds. The Labute approximate surface area is 122 Å². The SMILES string of the molecule is CCC1(C(=O)O)CCCN(C(=O)c2ccnc(Cl)c2)C1. The molecule has 2 heterocycles. The van der Waals surface area contributed by atoms with Crippen LogP contribution in [0, 0.1) is 5.41 Å². The van der Waals surface area contributed by atoms with E-state index >= 15 is 0 Å². The summed E-state index contributed by atoms with van der Waals surface area (Å²) >= 11 is 5.79. The Balaban J connectivity index is 2.21. The number of hydrogen-bond acceptors (Lipinski definition) is 3. The van der Waals surface area contributed by atoms with Gasteiger partial charge in [-0.1, -0.05) is 18.5 Å². The number of piperidine rings is 1. The van der Waals surface area contributed by atoms with Gasteiger partial charge in [-0.05, 0) is 31.4 Å². The third-order valence-corrected chi connectivity index (χ3v) is 4.17. The Kier molecular flexibility index (Phi) is 4.28. The molecule has 0 aliphatic carbocycles. The van der Waals surface area contributed by atoms with Gasteiger partial charge in [0.15, 0.2) is 0 Å². The first kappa shape index (κ1) is 14.8. The summed E-state index contributed by atoms with van der Waals surface area (Å²) in [7, 11) is 0. The van der Waals surface area contributed by atoms with Crippen molar-refractivity contribution in [1.29, 1.82) is 0 Å². The standard InChI is InChI=1S/C14H17ClN2O3/c1-2-14(13(19)20)5-3-7-17(9-14)12(18)10-4-6-16-11(15)8-10/h4,6,8H,2-3,5,7,9H2,1H3,(H,19,20). The summed E-state index contributed by atoms with van der Waals surface area (Å²) in [6.07, 6.45) is 3.30. The Bertz CT molecular complexity index is 535. The number of aliphatic carboxylic acids is 1. The van der Waals surface area contributed by atoms with Gasteiger partial charge in [-0.3, -0.25) is 9.59 Å². The molecule has 1 unspecified atom stereocenters. The molecule has 5 nitrogen and oxygen atoms in total. The first-order chi connectivity index (χ1) is 9.48. The van der Waals surface area contributed by atoms with Crippen LogP contribution in [0.4, 0.5) is 0 Å². The third kappa shape index (κ3) is 2.77. The highest BCUT2D eigenvalue weighted by Crippen LogP contribution is 2.34. The van der Waals surface area contributed by atoms with E-state index in [-0.39, 0.29) is 17.6 Å². The summed E-state index contributed by atoms with van der Waals surface area (Å²) in [6.45, 7) is 2.68. The van der Waals surface area contributed by atoms with Crippen LogP contribution in [0.15, 0.2) is 18.3 Å². The summed E-state index contributed by atoms with van der Waals surface area (Å²) in [4.78, 5) is 29.4. The van der Waals surface area contributed by atoms with Crippen LogP contribution < -0.4 is 0 Å². The average molecular weight is 297 g/mol. The molecule has 1 aromatic rings. The highest BCUT2D eigenvalue weighted by atomic mass is 35.5. The van der Waals surface area contributed by atoms with Gasteiger partial charge in [0.2, 0.25) is 0 Å². The maximum atomic E-state index is 12.4. The lowest BCUT2D eigenvalue weighted by Gasteiger charge is -2.39. The lowest BCUT2D eigenvalue weighted by Crippen LogP contribution is -2.49. The number of hydrogen-bond donors (Lipinski definition) is 1. The number of nitrogens with zero attached hydrogens (tertiary/aromatic N) is 2. The second-order valence-electron chi connectivity index (χ2n) is 5.14. The van der Waals surface area contributed by atoms with Crippen LogP contribution in [-0.4, -0.2) is 40.0 Å². The number of rotatable bonds is 3. The Morgan fingerprint density at radius 2 is 2.30 bits per heavy atom. The Morgan fingerprint density at radius 3 is 2.90 bits per heavy atom. The normalized spacial score (nSPS) is 22.6. The lowest BCUT2D eigenvalue weighted by atomic mass is 9.77. The van der Waals surface area contributed by atoms with E-state index in [9.17, 15) is 14.7 Å². The molecular formula is C14H17ClN2O3. The zero-order chi connectivity index (χ0) is 14.8. The molecule has 0 aromatic carbocycles. The van der Waals surface area contributed by atoms with Crippen LogP contribution in [0.3, 0.4) is 0 Å². The van der Waals surface area contributed by atoms with Crippen molar-refractivity contribution in [1.82, 2.24) is 9.88 Å². The molecule has 1 aliphatic rings. The van der Waals surface area contributed by atoms with Crippen molar-refractivity contribution in [3.8, 4) is 0 Å². The lowest BCUT2D eigenvalue weighted by molar-refractivity contribution is -0.152. The van der Waals surface area contributed by atoms with Gasteiger partial charge in [0.05, 0.1) is 5.41 Å². The fourth-order valence-corrected chi connectivity index (χ4v) is 2.81. The molecule has 0 radical (unpaired) electrons. The van der Waals surface area contributed by atoms with E-state index in [1.807, 2.05) is 6.92 Å². The minimum Gasteiger partial charge on any atom is -0.481 e. The third-order valence-electron chi connectivity index (χ3n) is 3.97. The molecule has 1 saturated heterocycles. The summed E-state index contributed by atoms with van der Waals surface area (Å²) in [5.41, 5.74) is -0.382. The highest BCUT2D eigenvalue weighted by Gasteiger charge is 2.42. The molecular weight excluding hydrogens is 280 g/mol. The van der Waals surface area contributed by atoms with Gasteiger partial charge < -0.3 is 10.0 Å². The van der Waals surface area contributed by atoms with Crippen molar-refractivity contribution in [2.75, 3.05) is 13.1 Å². The fourth-order valence-electron chi connectivity index (χ4n) is 2.64. The summed E-state index contributed by atoms with van der Waals surface area (Å²) < 4.78 is 0. The number of carboxylic acids is 1. The van der Waals surface area contributed by atoms with Gasteiger partial charge in [0, 0.05) is 24.8 Å². The van der Waals surface area contributed by atoms with Crippen molar-refractivity contribution in [3.05, 3.63) is 29.0 Å². The smallest absolute Gasteiger partial charge is 0.311 e. The van der Waals surface area contributed by atoms with Gasteiger partial charge in [-0.15, -0.1) is 0 Å². The van der Waals surface area contributed by atoms with Crippen LogP contribution in [0.5, 0.6) is 0 Å². The molecule has 0 saturated carbocycles. The summed E-state index contributed by atoms with van der Waals surface area (Å²) in [5.74, 6) is -1.02. The Morgan fingerprint density at radius 1 is 1.55 bits per heavy atom. The van der Waals surface area contributed by atoms with E-state index in [1.165, 1.54) is 12.3 Å². The minimum absolute atomic E-state index is 0.187. The van der Waals surface area contributed by atoms with Crippen LogP contribution in [0.1, 0.15) is 36.5 Å². The number of aromatic nitrogens is 1. The molecule has 2 rings (SSSR count). The molecule has 0 bridgehead atoms. The number of carbonyl (C=O) groups is 2. The van der Waals surface area contributed by atoms with Crippen molar-refractivity contribution < 1.29 is 14.7 Å². The first-order valence-corrected chi connectivity index (χ1v) is 7.00. The average Bonchev–Trinajstić information content (AvgIpc) is 2.46. The fraction of sp³-hybridized carbons (Fsp3) is 0.500. The molecule has 0 spiro atoms. The maximum Gasteiger partial charge on any atom is 0.311 e. The number of carboxylic acid groups (broad SMARTS) is 1. The number of pyridine rings is 1. The van der Waals surface area contributed by atoms with E-state index < -0.39 is 11.4 Å². The predicted octanol–water partition coefficient (Wildman–Crippen LogP) is 2.45. The van der Waals surface area contributed by atoms with Gasteiger partial charge in [-0.25, -0.2) is 4.98 Å². The molecule has 20 heavy (non-hydrogen) atoms. The molecule has 1 fully saturated rings.